The van der Waals surface area contributed by atoms with Gasteiger partial charge >= 0.3 is 0 Å². The number of carbonyl (C=O) groups is 2. The number of nitrogens with zero attached hydrogens (tertiary/aromatic N) is 2. The zero-order valence-electron chi connectivity index (χ0n) is 26.6. The van der Waals surface area contributed by atoms with Crippen LogP contribution in [0.3, 0.4) is 0 Å². The number of nitrogens with one attached hydrogen (secondary N) is 1. The first-order valence-electron chi connectivity index (χ1n) is 14.9. The van der Waals surface area contributed by atoms with Gasteiger partial charge in [0.25, 0.3) is 10.0 Å². The van der Waals surface area contributed by atoms with E-state index in [0.717, 1.165) is 15.4 Å². The Morgan fingerprint density at radius 2 is 1.48 bits per heavy atom. The maximum absolute atomic E-state index is 14.6. The van der Waals surface area contributed by atoms with Gasteiger partial charge in [-0.05, 0) is 87.7 Å². The molecule has 4 aromatic rings. The second-order valence-corrected chi connectivity index (χ2v) is 14.6. The summed E-state index contributed by atoms with van der Waals surface area (Å²) in [6, 6.07) is 25.1. The maximum Gasteiger partial charge on any atom is 0.264 e. The first-order valence-corrected chi connectivity index (χ1v) is 16.7. The molecule has 1 atom stereocenters. The summed E-state index contributed by atoms with van der Waals surface area (Å²) in [7, 11) is -4.27. The first-order chi connectivity index (χ1) is 21.7. The number of hydrogen-bond donors (Lipinski definition) is 1. The number of halogens is 2. The van der Waals surface area contributed by atoms with Crippen LogP contribution in [0.15, 0.2) is 102 Å². The Balaban J connectivity index is 1.84. The third kappa shape index (κ3) is 8.73. The van der Waals surface area contributed by atoms with E-state index in [4.69, 9.17) is 11.6 Å². The van der Waals surface area contributed by atoms with E-state index in [1.165, 1.54) is 29.2 Å². The van der Waals surface area contributed by atoms with Gasteiger partial charge in [-0.15, -0.1) is 0 Å². The van der Waals surface area contributed by atoms with Gasteiger partial charge in [0.1, 0.15) is 18.4 Å². The fraction of sp³-hybridized carbons (Fsp3) is 0.278. The summed E-state index contributed by atoms with van der Waals surface area (Å²) in [5, 5.41) is 3.33. The molecule has 46 heavy (non-hydrogen) atoms. The number of anilines is 1. The first kappa shape index (κ1) is 34.7. The summed E-state index contributed by atoms with van der Waals surface area (Å²) >= 11 is 6.44. The fourth-order valence-corrected chi connectivity index (χ4v) is 6.65. The second kappa shape index (κ2) is 14.5. The molecule has 7 nitrogen and oxygen atoms in total. The molecule has 0 heterocycles. The standard InChI is InChI=1S/C36H39ClFN3O4S/c1-25-14-20-30(21-15-25)46(44,45)41(32-13-9-12-31(37)26(32)2)24-34(42)40(23-28-16-18-29(38)19-17-28)33(35(43)39-36(3,4)5)22-27-10-7-6-8-11-27/h6-21,33H,22-24H2,1-5H3,(H,39,43). The van der Waals surface area contributed by atoms with E-state index in [2.05, 4.69) is 5.32 Å². The van der Waals surface area contributed by atoms with Crippen LogP contribution in [0.5, 0.6) is 0 Å². The summed E-state index contributed by atoms with van der Waals surface area (Å²) < 4.78 is 43.4. The Kier molecular flexibility index (Phi) is 10.9. The van der Waals surface area contributed by atoms with Crippen molar-refractivity contribution in [2.45, 2.75) is 64.1 Å². The molecule has 1 unspecified atom stereocenters. The summed E-state index contributed by atoms with van der Waals surface area (Å²) in [6.07, 6.45) is 0.163. The molecule has 0 aromatic heterocycles. The number of hydrogen-bond acceptors (Lipinski definition) is 4. The predicted molar refractivity (Wildman–Crippen MR) is 181 cm³/mol. The molecule has 242 valence electrons. The fourth-order valence-electron chi connectivity index (χ4n) is 5.01. The van der Waals surface area contributed by atoms with Gasteiger partial charge in [-0.1, -0.05) is 77.8 Å². The smallest absolute Gasteiger partial charge is 0.264 e. The van der Waals surface area contributed by atoms with Crippen LogP contribution in [0.25, 0.3) is 0 Å². The van der Waals surface area contributed by atoms with Crippen molar-refractivity contribution in [3.63, 3.8) is 0 Å². The van der Waals surface area contributed by atoms with Crippen LogP contribution in [0.4, 0.5) is 10.1 Å². The van der Waals surface area contributed by atoms with E-state index in [1.807, 2.05) is 58.0 Å². The van der Waals surface area contributed by atoms with Crippen LogP contribution in [0.1, 0.15) is 43.0 Å². The average Bonchev–Trinajstić information content (AvgIpc) is 3.00. The average molecular weight is 664 g/mol. The lowest BCUT2D eigenvalue weighted by atomic mass is 10.0. The van der Waals surface area contributed by atoms with Gasteiger partial charge in [-0.3, -0.25) is 13.9 Å². The van der Waals surface area contributed by atoms with Gasteiger partial charge in [0.15, 0.2) is 0 Å². The molecule has 0 bridgehead atoms. The number of benzene rings is 4. The Morgan fingerprint density at radius 3 is 2.09 bits per heavy atom. The van der Waals surface area contributed by atoms with Gasteiger partial charge in [0.2, 0.25) is 11.8 Å². The molecular formula is C36H39ClFN3O4S. The van der Waals surface area contributed by atoms with Crippen molar-refractivity contribution < 1.29 is 22.4 Å². The lowest BCUT2D eigenvalue weighted by molar-refractivity contribution is -0.140. The van der Waals surface area contributed by atoms with Gasteiger partial charge in [-0.25, -0.2) is 12.8 Å². The SMILES string of the molecule is Cc1ccc(S(=O)(=O)N(CC(=O)N(Cc2ccc(F)cc2)C(Cc2ccccc2)C(=O)NC(C)(C)C)c2cccc(Cl)c2C)cc1. The lowest BCUT2D eigenvalue weighted by Crippen LogP contribution is -2.56. The third-order valence-corrected chi connectivity index (χ3v) is 9.61. The molecule has 0 aliphatic rings. The minimum Gasteiger partial charge on any atom is -0.350 e. The van der Waals surface area contributed by atoms with Crippen molar-refractivity contribution in [1.82, 2.24) is 10.2 Å². The van der Waals surface area contributed by atoms with Crippen LogP contribution in [-0.2, 0) is 32.6 Å². The van der Waals surface area contributed by atoms with Gasteiger partial charge in [-0.2, -0.15) is 0 Å². The molecule has 2 amide bonds. The summed E-state index contributed by atoms with van der Waals surface area (Å²) in [5.41, 5.74) is 2.35. The van der Waals surface area contributed by atoms with Crippen molar-refractivity contribution in [3.8, 4) is 0 Å². The Hall–Kier alpha value is -4.21. The van der Waals surface area contributed by atoms with Crippen molar-refractivity contribution >= 4 is 39.1 Å². The molecule has 0 fully saturated rings. The highest BCUT2D eigenvalue weighted by Gasteiger charge is 2.36. The number of carbonyl (C=O) groups excluding carboxylic acids is 2. The summed E-state index contributed by atoms with van der Waals surface area (Å²) in [5.74, 6) is -1.47. The van der Waals surface area contributed by atoms with Crippen LogP contribution in [0, 0.1) is 19.7 Å². The third-order valence-electron chi connectivity index (χ3n) is 7.43. The molecule has 0 radical (unpaired) electrons. The summed E-state index contributed by atoms with van der Waals surface area (Å²) in [4.78, 5) is 29.9. The zero-order valence-corrected chi connectivity index (χ0v) is 28.2. The van der Waals surface area contributed by atoms with E-state index in [9.17, 15) is 22.4 Å². The topological polar surface area (TPSA) is 86.8 Å². The Morgan fingerprint density at radius 1 is 0.848 bits per heavy atom. The minimum absolute atomic E-state index is 0.00155. The molecule has 0 saturated heterocycles. The highest BCUT2D eigenvalue weighted by atomic mass is 35.5. The minimum atomic E-state index is -4.27. The van der Waals surface area contributed by atoms with Gasteiger partial charge in [0.05, 0.1) is 10.6 Å². The molecule has 1 N–H and O–H groups in total. The van der Waals surface area contributed by atoms with E-state index in [-0.39, 0.29) is 23.5 Å². The van der Waals surface area contributed by atoms with Crippen LogP contribution in [0.2, 0.25) is 5.02 Å². The van der Waals surface area contributed by atoms with Gasteiger partial charge < -0.3 is 10.2 Å². The maximum atomic E-state index is 14.6. The highest BCUT2D eigenvalue weighted by molar-refractivity contribution is 7.92. The van der Waals surface area contributed by atoms with Crippen LogP contribution < -0.4 is 9.62 Å². The quantitative estimate of drug-likeness (QED) is 0.190. The van der Waals surface area contributed by atoms with Crippen molar-refractivity contribution in [2.75, 3.05) is 10.8 Å². The number of rotatable bonds is 11. The van der Waals surface area contributed by atoms with E-state index >= 15 is 0 Å². The molecule has 4 aromatic carbocycles. The Labute approximate surface area is 276 Å². The monoisotopic (exact) mass is 663 g/mol. The Bertz CT molecular complexity index is 1780. The van der Waals surface area contributed by atoms with Crippen molar-refractivity contribution in [3.05, 3.63) is 130 Å². The lowest BCUT2D eigenvalue weighted by Gasteiger charge is -2.35. The predicted octanol–water partition coefficient (Wildman–Crippen LogP) is 6.85. The van der Waals surface area contributed by atoms with E-state index < -0.39 is 45.8 Å². The van der Waals surface area contributed by atoms with Crippen LogP contribution >= 0.6 is 11.6 Å². The normalized spacial score (nSPS) is 12.3. The molecule has 0 aliphatic heterocycles. The molecular weight excluding hydrogens is 625 g/mol. The number of amides is 2. The molecule has 0 aliphatic carbocycles. The summed E-state index contributed by atoms with van der Waals surface area (Å²) in [6.45, 7) is 8.37. The van der Waals surface area contributed by atoms with Crippen molar-refractivity contribution in [1.29, 1.82) is 0 Å². The molecule has 0 spiro atoms. The van der Waals surface area contributed by atoms with E-state index in [0.29, 0.717) is 16.1 Å². The zero-order chi connectivity index (χ0) is 33.6. The largest absolute Gasteiger partial charge is 0.350 e. The molecule has 4 rings (SSSR count). The number of sulfonamides is 1. The van der Waals surface area contributed by atoms with Crippen LogP contribution in [-0.4, -0.2) is 43.3 Å². The van der Waals surface area contributed by atoms with E-state index in [1.54, 1.807) is 49.4 Å². The molecule has 0 saturated carbocycles. The highest BCUT2D eigenvalue weighted by Crippen LogP contribution is 2.31. The van der Waals surface area contributed by atoms with Gasteiger partial charge in [0, 0.05) is 23.5 Å². The second-order valence-electron chi connectivity index (χ2n) is 12.3. The molecule has 10 heteroatoms. The van der Waals surface area contributed by atoms with Crippen molar-refractivity contribution in [2.24, 2.45) is 0 Å². The number of aryl methyl sites for hydroxylation is 1.